The summed E-state index contributed by atoms with van der Waals surface area (Å²) in [6, 6.07) is 5.01. The Kier molecular flexibility index (Phi) is 6.28. The highest BCUT2D eigenvalue weighted by molar-refractivity contribution is 7.92. The molecule has 21 heavy (non-hydrogen) atoms. The van der Waals surface area contributed by atoms with Gasteiger partial charge in [-0.05, 0) is 38.6 Å². The Morgan fingerprint density at radius 1 is 1.19 bits per heavy atom. The number of para-hydroxylation sites is 2. The van der Waals surface area contributed by atoms with Gasteiger partial charge in [-0.2, -0.15) is 0 Å². The minimum atomic E-state index is -4.88. The lowest BCUT2D eigenvalue weighted by molar-refractivity contribution is -0.274. The van der Waals surface area contributed by atoms with Crippen molar-refractivity contribution in [2.75, 3.05) is 24.1 Å². The number of nitrogens with one attached hydrogen (secondary N) is 2. The second-order valence-corrected chi connectivity index (χ2v) is 6.12. The summed E-state index contributed by atoms with van der Waals surface area (Å²) in [5, 5.41) is 2.88. The molecular formula is C12H17F3N2O3S. The molecule has 0 saturated heterocycles. The summed E-state index contributed by atoms with van der Waals surface area (Å²) in [6.45, 7) is 0.670. The van der Waals surface area contributed by atoms with Crippen LogP contribution in [0.4, 0.5) is 18.9 Å². The van der Waals surface area contributed by atoms with E-state index < -0.39 is 22.1 Å². The van der Waals surface area contributed by atoms with Crippen LogP contribution in [0.5, 0.6) is 5.75 Å². The average molecular weight is 326 g/mol. The van der Waals surface area contributed by atoms with Crippen LogP contribution < -0.4 is 14.8 Å². The number of unbranched alkanes of at least 4 members (excludes halogenated alkanes) is 1. The molecule has 2 N–H and O–H groups in total. The van der Waals surface area contributed by atoms with Crippen molar-refractivity contribution in [3.05, 3.63) is 24.3 Å². The number of alkyl halides is 3. The van der Waals surface area contributed by atoms with Crippen LogP contribution in [0.25, 0.3) is 0 Å². The maximum absolute atomic E-state index is 12.2. The zero-order valence-electron chi connectivity index (χ0n) is 11.4. The molecule has 0 unspecified atom stereocenters. The SMILES string of the molecule is CNCCCCS(=O)(=O)Nc1ccccc1OC(F)(F)F. The molecule has 5 nitrogen and oxygen atoms in total. The van der Waals surface area contributed by atoms with E-state index in [4.69, 9.17) is 0 Å². The molecule has 0 aromatic heterocycles. The Balaban J connectivity index is 2.73. The average Bonchev–Trinajstić information content (AvgIpc) is 2.35. The molecular weight excluding hydrogens is 309 g/mol. The van der Waals surface area contributed by atoms with E-state index in [2.05, 4.69) is 14.8 Å². The summed E-state index contributed by atoms with van der Waals surface area (Å²) >= 11 is 0. The van der Waals surface area contributed by atoms with Crippen molar-refractivity contribution in [3.63, 3.8) is 0 Å². The van der Waals surface area contributed by atoms with Crippen LogP contribution in [0.1, 0.15) is 12.8 Å². The lowest BCUT2D eigenvalue weighted by atomic mass is 10.3. The molecule has 0 heterocycles. The van der Waals surface area contributed by atoms with Crippen LogP contribution in [-0.4, -0.2) is 34.1 Å². The van der Waals surface area contributed by atoms with Crippen molar-refractivity contribution in [2.24, 2.45) is 0 Å². The molecule has 0 atom stereocenters. The first-order chi connectivity index (χ1) is 9.73. The third kappa shape index (κ3) is 7.19. The lowest BCUT2D eigenvalue weighted by Gasteiger charge is -2.14. The van der Waals surface area contributed by atoms with Crippen molar-refractivity contribution in [1.29, 1.82) is 0 Å². The normalized spacial score (nSPS) is 12.2. The van der Waals surface area contributed by atoms with Crippen LogP contribution in [0.3, 0.4) is 0 Å². The number of hydrogen-bond donors (Lipinski definition) is 2. The summed E-state index contributed by atoms with van der Waals surface area (Å²) < 4.78 is 66.2. The molecule has 9 heteroatoms. The fourth-order valence-corrected chi connectivity index (χ4v) is 2.77. The van der Waals surface area contributed by atoms with Crippen LogP contribution >= 0.6 is 0 Å². The number of ether oxygens (including phenoxy) is 1. The number of benzene rings is 1. The van der Waals surface area contributed by atoms with Gasteiger partial charge in [-0.3, -0.25) is 4.72 Å². The van der Waals surface area contributed by atoms with Crippen LogP contribution in [0.2, 0.25) is 0 Å². The maximum atomic E-state index is 12.2. The molecule has 1 aromatic rings. The third-order valence-electron chi connectivity index (χ3n) is 2.47. The van der Waals surface area contributed by atoms with Gasteiger partial charge in [0, 0.05) is 0 Å². The highest BCUT2D eigenvalue weighted by Crippen LogP contribution is 2.30. The molecule has 0 spiro atoms. The fourth-order valence-electron chi connectivity index (χ4n) is 1.58. The topological polar surface area (TPSA) is 67.4 Å². The summed E-state index contributed by atoms with van der Waals surface area (Å²) in [7, 11) is -1.97. The predicted molar refractivity (Wildman–Crippen MR) is 73.7 cm³/mol. The van der Waals surface area contributed by atoms with E-state index in [0.29, 0.717) is 19.4 Å². The van der Waals surface area contributed by atoms with Gasteiger partial charge in [-0.15, -0.1) is 13.2 Å². The number of halogens is 3. The first-order valence-electron chi connectivity index (χ1n) is 6.23. The maximum Gasteiger partial charge on any atom is 0.573 e. The van der Waals surface area contributed by atoms with Gasteiger partial charge in [0.15, 0.2) is 5.75 Å². The van der Waals surface area contributed by atoms with Gasteiger partial charge in [-0.1, -0.05) is 12.1 Å². The van der Waals surface area contributed by atoms with Gasteiger partial charge in [0.05, 0.1) is 11.4 Å². The zero-order valence-corrected chi connectivity index (χ0v) is 12.2. The molecule has 120 valence electrons. The summed E-state index contributed by atoms with van der Waals surface area (Å²) in [5.41, 5.74) is -0.233. The first-order valence-corrected chi connectivity index (χ1v) is 7.88. The summed E-state index contributed by atoms with van der Waals surface area (Å²) in [4.78, 5) is 0. The number of sulfonamides is 1. The standard InChI is InChI=1S/C12H17F3N2O3S/c1-16-8-4-5-9-21(18,19)17-10-6-2-3-7-11(10)20-12(13,14)15/h2-3,6-7,16-17H,4-5,8-9H2,1H3. The van der Waals surface area contributed by atoms with Crippen LogP contribution in [-0.2, 0) is 10.0 Å². The summed E-state index contributed by atoms with van der Waals surface area (Å²) in [6.07, 6.45) is -3.83. The number of rotatable bonds is 8. The Labute approximate surface area is 121 Å². The minimum Gasteiger partial charge on any atom is -0.404 e. The highest BCUT2D eigenvalue weighted by Gasteiger charge is 2.32. The van der Waals surface area contributed by atoms with Crippen molar-refractivity contribution >= 4 is 15.7 Å². The second kappa shape index (κ2) is 7.51. The Hall–Kier alpha value is -1.48. The van der Waals surface area contributed by atoms with Gasteiger partial charge in [0.2, 0.25) is 10.0 Å². The minimum absolute atomic E-state index is 0.172. The first kappa shape index (κ1) is 17.6. The fraction of sp³-hybridized carbons (Fsp3) is 0.500. The lowest BCUT2D eigenvalue weighted by Crippen LogP contribution is -2.21. The monoisotopic (exact) mass is 326 g/mol. The van der Waals surface area contributed by atoms with E-state index in [1.165, 1.54) is 18.2 Å². The molecule has 0 aliphatic heterocycles. The van der Waals surface area contributed by atoms with E-state index in [0.717, 1.165) is 6.07 Å². The quantitative estimate of drug-likeness (QED) is 0.720. The van der Waals surface area contributed by atoms with Crippen molar-refractivity contribution < 1.29 is 26.3 Å². The smallest absolute Gasteiger partial charge is 0.404 e. The highest BCUT2D eigenvalue weighted by atomic mass is 32.2. The molecule has 0 bridgehead atoms. The molecule has 0 radical (unpaired) electrons. The Morgan fingerprint density at radius 2 is 1.86 bits per heavy atom. The second-order valence-electron chi connectivity index (χ2n) is 4.28. The van der Waals surface area contributed by atoms with Crippen molar-refractivity contribution in [3.8, 4) is 5.75 Å². The van der Waals surface area contributed by atoms with E-state index in [1.807, 2.05) is 0 Å². The van der Waals surface area contributed by atoms with E-state index >= 15 is 0 Å². The Bertz CT molecular complexity index is 547. The number of anilines is 1. The van der Waals surface area contributed by atoms with Crippen molar-refractivity contribution in [1.82, 2.24) is 5.32 Å². The largest absolute Gasteiger partial charge is 0.573 e. The predicted octanol–water partition coefficient (Wildman–Crippen LogP) is 2.33. The van der Waals surface area contributed by atoms with Gasteiger partial charge in [0.25, 0.3) is 0 Å². The van der Waals surface area contributed by atoms with Gasteiger partial charge in [-0.25, -0.2) is 8.42 Å². The molecule has 0 aliphatic rings. The van der Waals surface area contributed by atoms with Crippen LogP contribution in [0, 0.1) is 0 Å². The van der Waals surface area contributed by atoms with Crippen molar-refractivity contribution in [2.45, 2.75) is 19.2 Å². The molecule has 0 fully saturated rings. The molecule has 1 aromatic carbocycles. The van der Waals surface area contributed by atoms with Crippen LogP contribution in [0.15, 0.2) is 24.3 Å². The Morgan fingerprint density at radius 3 is 2.48 bits per heavy atom. The summed E-state index contributed by atoms with van der Waals surface area (Å²) in [5.74, 6) is -0.751. The molecule has 0 saturated carbocycles. The van der Waals surface area contributed by atoms with E-state index in [9.17, 15) is 21.6 Å². The van der Waals surface area contributed by atoms with Gasteiger partial charge >= 0.3 is 6.36 Å². The van der Waals surface area contributed by atoms with Gasteiger partial charge < -0.3 is 10.1 Å². The van der Waals surface area contributed by atoms with Gasteiger partial charge in [0.1, 0.15) is 0 Å². The number of hydrogen-bond acceptors (Lipinski definition) is 4. The molecule has 0 aliphatic carbocycles. The molecule has 1 rings (SSSR count). The third-order valence-corrected chi connectivity index (χ3v) is 3.83. The zero-order chi connectivity index (χ0) is 15.9. The molecule has 0 amide bonds. The van der Waals surface area contributed by atoms with E-state index in [-0.39, 0.29) is 11.4 Å². The van der Waals surface area contributed by atoms with E-state index in [1.54, 1.807) is 7.05 Å².